The molecule has 1 aliphatic rings. The van der Waals surface area contributed by atoms with Gasteiger partial charge in [0.05, 0.1) is 4.91 Å². The van der Waals surface area contributed by atoms with Gasteiger partial charge in [-0.1, -0.05) is 71.9 Å². The standard InChI is InChI=1S/C23H17NO2S/c1-15-11-13-17(14-12-15)27-23-20(24-16-7-3-2-4-8-16)21(25)18-9-5-6-10-19(18)22(23)26/h2-14,24H,1H3. The molecule has 3 aromatic rings. The van der Waals surface area contributed by atoms with Crippen LogP contribution in [0.1, 0.15) is 26.3 Å². The van der Waals surface area contributed by atoms with E-state index < -0.39 is 0 Å². The van der Waals surface area contributed by atoms with Crippen LogP contribution in [0, 0.1) is 6.92 Å². The molecule has 1 aliphatic carbocycles. The summed E-state index contributed by atoms with van der Waals surface area (Å²) in [5.74, 6) is -0.294. The summed E-state index contributed by atoms with van der Waals surface area (Å²) in [6.45, 7) is 2.02. The number of rotatable bonds is 4. The van der Waals surface area contributed by atoms with Crippen LogP contribution in [0.15, 0.2) is 94.4 Å². The van der Waals surface area contributed by atoms with Crippen LogP contribution in [0.2, 0.25) is 0 Å². The first kappa shape index (κ1) is 17.3. The Balaban J connectivity index is 1.81. The average Bonchev–Trinajstić information content (AvgIpc) is 2.71. The highest BCUT2D eigenvalue weighted by Gasteiger charge is 2.32. The number of para-hydroxylation sites is 1. The number of Topliss-reactive ketones (excluding diaryl/α,β-unsaturated/α-hetero) is 2. The van der Waals surface area contributed by atoms with Gasteiger partial charge in [-0.2, -0.15) is 0 Å². The number of anilines is 1. The van der Waals surface area contributed by atoms with E-state index in [1.807, 2.05) is 61.5 Å². The molecular formula is C23H17NO2S. The van der Waals surface area contributed by atoms with E-state index >= 15 is 0 Å². The minimum absolute atomic E-state index is 0.130. The lowest BCUT2D eigenvalue weighted by molar-refractivity contribution is 0.0982. The summed E-state index contributed by atoms with van der Waals surface area (Å²) in [4.78, 5) is 27.6. The Labute approximate surface area is 162 Å². The van der Waals surface area contributed by atoms with E-state index in [1.165, 1.54) is 11.8 Å². The summed E-state index contributed by atoms with van der Waals surface area (Å²) in [6, 6.07) is 24.3. The van der Waals surface area contributed by atoms with Gasteiger partial charge >= 0.3 is 0 Å². The summed E-state index contributed by atoms with van der Waals surface area (Å²) in [5.41, 5.74) is 3.14. The van der Waals surface area contributed by atoms with E-state index in [-0.39, 0.29) is 11.6 Å². The van der Waals surface area contributed by atoms with Crippen molar-refractivity contribution in [2.24, 2.45) is 0 Å². The Bertz CT molecular complexity index is 1050. The fraction of sp³-hybridized carbons (Fsp3) is 0.0435. The quantitative estimate of drug-likeness (QED) is 0.659. The lowest BCUT2D eigenvalue weighted by Gasteiger charge is -2.21. The number of thioether (sulfide) groups is 1. The number of nitrogens with one attached hydrogen (secondary N) is 1. The van der Waals surface area contributed by atoms with Crippen molar-refractivity contribution in [1.29, 1.82) is 0 Å². The molecule has 0 atom stereocenters. The molecule has 3 aromatic carbocycles. The van der Waals surface area contributed by atoms with Gasteiger partial charge in [-0.3, -0.25) is 9.59 Å². The Kier molecular flexibility index (Phi) is 4.65. The van der Waals surface area contributed by atoms with Gasteiger partial charge in [-0.15, -0.1) is 0 Å². The molecule has 0 bridgehead atoms. The molecule has 0 radical (unpaired) electrons. The first-order valence-electron chi connectivity index (χ1n) is 8.63. The van der Waals surface area contributed by atoms with E-state index in [9.17, 15) is 9.59 Å². The van der Waals surface area contributed by atoms with Crippen LogP contribution in [0.25, 0.3) is 0 Å². The lowest BCUT2D eigenvalue weighted by Crippen LogP contribution is -2.25. The summed E-state index contributed by atoms with van der Waals surface area (Å²) in [5, 5.41) is 3.17. The first-order valence-corrected chi connectivity index (χ1v) is 9.44. The number of benzene rings is 3. The predicted octanol–water partition coefficient (Wildman–Crippen LogP) is 5.49. The second-order valence-electron chi connectivity index (χ2n) is 6.31. The molecule has 4 rings (SSSR count). The lowest BCUT2D eigenvalue weighted by atomic mass is 9.92. The van der Waals surface area contributed by atoms with Gasteiger partial charge in [0.1, 0.15) is 5.70 Å². The molecule has 0 fully saturated rings. The molecule has 0 spiro atoms. The van der Waals surface area contributed by atoms with Gasteiger partial charge in [0, 0.05) is 21.7 Å². The monoisotopic (exact) mass is 371 g/mol. The normalized spacial score (nSPS) is 13.5. The van der Waals surface area contributed by atoms with Crippen molar-refractivity contribution in [2.45, 2.75) is 11.8 Å². The minimum atomic E-state index is -0.163. The number of aryl methyl sites for hydroxylation is 1. The molecule has 0 saturated heterocycles. The molecule has 0 unspecified atom stereocenters. The third kappa shape index (κ3) is 3.44. The zero-order valence-electron chi connectivity index (χ0n) is 14.7. The largest absolute Gasteiger partial charge is 0.351 e. The number of allylic oxidation sites excluding steroid dienone is 2. The molecule has 4 heteroatoms. The van der Waals surface area contributed by atoms with Gasteiger partial charge in [0.2, 0.25) is 11.6 Å². The maximum absolute atomic E-state index is 13.2. The van der Waals surface area contributed by atoms with E-state index in [4.69, 9.17) is 0 Å². The van der Waals surface area contributed by atoms with Crippen molar-refractivity contribution in [2.75, 3.05) is 5.32 Å². The molecule has 0 heterocycles. The molecule has 0 saturated carbocycles. The van der Waals surface area contributed by atoms with Gasteiger partial charge in [-0.05, 0) is 31.2 Å². The summed E-state index contributed by atoms with van der Waals surface area (Å²) < 4.78 is 0. The van der Waals surface area contributed by atoms with Crippen LogP contribution in [0.4, 0.5) is 5.69 Å². The van der Waals surface area contributed by atoms with E-state index in [0.717, 1.165) is 16.1 Å². The molecule has 27 heavy (non-hydrogen) atoms. The highest BCUT2D eigenvalue weighted by atomic mass is 32.2. The van der Waals surface area contributed by atoms with Crippen LogP contribution >= 0.6 is 11.8 Å². The molecule has 0 aliphatic heterocycles. The Hall–Kier alpha value is -3.11. The smallest absolute Gasteiger partial charge is 0.211 e. The minimum Gasteiger partial charge on any atom is -0.351 e. The van der Waals surface area contributed by atoms with Crippen molar-refractivity contribution in [3.05, 3.63) is 106 Å². The maximum Gasteiger partial charge on any atom is 0.211 e. The highest BCUT2D eigenvalue weighted by molar-refractivity contribution is 8.04. The number of carbonyl (C=O) groups excluding carboxylic acids is 2. The predicted molar refractivity (Wildman–Crippen MR) is 109 cm³/mol. The molecule has 0 aromatic heterocycles. The fourth-order valence-electron chi connectivity index (χ4n) is 2.95. The number of ketones is 2. The zero-order valence-corrected chi connectivity index (χ0v) is 15.5. The van der Waals surface area contributed by atoms with Gasteiger partial charge in [0.25, 0.3) is 0 Å². The third-order valence-corrected chi connectivity index (χ3v) is 5.46. The van der Waals surface area contributed by atoms with Crippen LogP contribution in [-0.4, -0.2) is 11.6 Å². The van der Waals surface area contributed by atoms with E-state index in [1.54, 1.807) is 24.3 Å². The van der Waals surface area contributed by atoms with Crippen molar-refractivity contribution >= 4 is 29.0 Å². The van der Waals surface area contributed by atoms with E-state index in [2.05, 4.69) is 5.32 Å². The first-order chi connectivity index (χ1) is 13.1. The van der Waals surface area contributed by atoms with Crippen molar-refractivity contribution in [3.8, 4) is 0 Å². The number of carbonyl (C=O) groups is 2. The SMILES string of the molecule is Cc1ccc(SC2=C(Nc3ccccc3)C(=O)c3ccccc3C2=O)cc1. The van der Waals surface area contributed by atoms with Crippen LogP contribution < -0.4 is 5.32 Å². The number of fused-ring (bicyclic) bond motifs is 1. The highest BCUT2D eigenvalue weighted by Crippen LogP contribution is 2.37. The third-order valence-electron chi connectivity index (χ3n) is 4.36. The molecule has 0 amide bonds. The molecular weight excluding hydrogens is 354 g/mol. The molecule has 3 nitrogen and oxygen atoms in total. The summed E-state index contributed by atoms with van der Waals surface area (Å²) in [7, 11) is 0. The number of hydrogen-bond donors (Lipinski definition) is 1. The Morgan fingerprint density at radius 3 is 1.96 bits per heavy atom. The van der Waals surface area contributed by atoms with Gasteiger partial charge in [-0.25, -0.2) is 0 Å². The van der Waals surface area contributed by atoms with Crippen molar-refractivity contribution < 1.29 is 9.59 Å². The second-order valence-corrected chi connectivity index (χ2v) is 7.40. The number of hydrogen-bond acceptors (Lipinski definition) is 4. The summed E-state index contributed by atoms with van der Waals surface area (Å²) >= 11 is 1.32. The van der Waals surface area contributed by atoms with Crippen LogP contribution in [0.3, 0.4) is 0 Å². The molecule has 132 valence electrons. The topological polar surface area (TPSA) is 46.2 Å². The van der Waals surface area contributed by atoms with Crippen molar-refractivity contribution in [3.63, 3.8) is 0 Å². The maximum atomic E-state index is 13.2. The van der Waals surface area contributed by atoms with E-state index in [0.29, 0.717) is 21.7 Å². The van der Waals surface area contributed by atoms with Crippen LogP contribution in [-0.2, 0) is 0 Å². The second kappa shape index (κ2) is 7.25. The molecule has 1 N–H and O–H groups in total. The average molecular weight is 371 g/mol. The van der Waals surface area contributed by atoms with Crippen LogP contribution in [0.5, 0.6) is 0 Å². The van der Waals surface area contributed by atoms with Gasteiger partial charge < -0.3 is 5.32 Å². The van der Waals surface area contributed by atoms with Crippen molar-refractivity contribution in [1.82, 2.24) is 0 Å². The summed E-state index contributed by atoms with van der Waals surface area (Å²) in [6.07, 6.45) is 0. The Morgan fingerprint density at radius 2 is 1.30 bits per heavy atom. The Morgan fingerprint density at radius 1 is 0.704 bits per heavy atom. The fourth-order valence-corrected chi connectivity index (χ4v) is 3.91. The van der Waals surface area contributed by atoms with Gasteiger partial charge in [0.15, 0.2) is 0 Å². The zero-order chi connectivity index (χ0) is 18.8.